The molecule has 134 valence electrons. The van der Waals surface area contributed by atoms with Crippen LogP contribution < -0.4 is 0 Å². The third kappa shape index (κ3) is 4.03. The number of nitrogens with zero attached hydrogens (tertiary/aromatic N) is 1. The van der Waals surface area contributed by atoms with Crippen LogP contribution in [0.2, 0.25) is 21.6 Å². The molecular weight excluding hydrogens is 338 g/mol. The molecule has 0 amide bonds. The van der Waals surface area contributed by atoms with Crippen LogP contribution >= 0.6 is 11.6 Å². The zero-order valence-corrected chi connectivity index (χ0v) is 17.9. The number of aromatic nitrogens is 1. The lowest BCUT2D eigenvalue weighted by molar-refractivity contribution is -0.172. The third-order valence-electron chi connectivity index (χ3n) is 4.94. The largest absolute Gasteiger partial charge is 0.338 e. The second-order valence-corrected chi connectivity index (χ2v) is 13.0. The van der Waals surface area contributed by atoms with Crippen LogP contribution in [0.1, 0.15) is 47.2 Å². The summed E-state index contributed by atoms with van der Waals surface area (Å²) >= 11 is 6.12. The summed E-state index contributed by atoms with van der Waals surface area (Å²) < 4.78 is 11.3. The van der Waals surface area contributed by atoms with Gasteiger partial charge >= 0.3 is 0 Å². The molecule has 1 aromatic heterocycles. The zero-order valence-electron chi connectivity index (χ0n) is 16.1. The number of hydrogen-bond acceptors (Lipinski definition) is 3. The molecule has 0 aliphatic carbocycles. The van der Waals surface area contributed by atoms with Crippen LogP contribution in [-0.4, -0.2) is 27.3 Å². The molecule has 0 bridgehead atoms. The average molecular weight is 368 g/mol. The Kier molecular flexibility index (Phi) is 7.49. The van der Waals surface area contributed by atoms with Gasteiger partial charge in [-0.25, -0.2) is 0 Å². The highest BCUT2D eigenvalue weighted by Crippen LogP contribution is 2.41. The minimum absolute atomic E-state index is 0.531. The first-order valence-electron chi connectivity index (χ1n) is 8.43. The number of halogens is 1. The fraction of sp³-hybridized carbons (Fsp3) is 0.632. The molecule has 0 N–H and O–H groups in total. The summed E-state index contributed by atoms with van der Waals surface area (Å²) in [5, 5.41) is 0.584. The lowest BCUT2D eigenvalue weighted by Crippen LogP contribution is -2.44. The first-order chi connectivity index (χ1) is 11.2. The van der Waals surface area contributed by atoms with E-state index < -0.39 is 13.9 Å². The Morgan fingerprint density at radius 3 is 1.92 bits per heavy atom. The van der Waals surface area contributed by atoms with Gasteiger partial charge in [-0.1, -0.05) is 53.1 Å². The predicted molar refractivity (Wildman–Crippen MR) is 104 cm³/mol. The van der Waals surface area contributed by atoms with Crippen molar-refractivity contribution < 1.29 is 9.47 Å². The van der Waals surface area contributed by atoms with E-state index in [0.717, 1.165) is 0 Å². The fourth-order valence-electron chi connectivity index (χ4n) is 3.67. The molecule has 0 atom stereocenters. The Bertz CT molecular complexity index is 579. The molecule has 0 saturated heterocycles. The van der Waals surface area contributed by atoms with Gasteiger partial charge in [-0.15, -0.1) is 5.54 Å². The van der Waals surface area contributed by atoms with E-state index in [2.05, 4.69) is 58.0 Å². The number of ether oxygens (including phenoxy) is 2. The molecule has 1 aromatic rings. The van der Waals surface area contributed by atoms with Crippen molar-refractivity contribution in [1.29, 1.82) is 0 Å². The monoisotopic (exact) mass is 367 g/mol. The number of pyridine rings is 1. The first kappa shape index (κ1) is 21.2. The van der Waals surface area contributed by atoms with Crippen molar-refractivity contribution in [2.45, 2.75) is 64.0 Å². The Hall–Kier alpha value is -0.863. The average Bonchev–Trinajstić information content (AvgIpc) is 2.51. The normalized spacial score (nSPS) is 12.7. The third-order valence-corrected chi connectivity index (χ3v) is 11.5. The molecule has 3 nitrogen and oxygen atoms in total. The van der Waals surface area contributed by atoms with Crippen LogP contribution in [0.25, 0.3) is 0 Å². The Balaban J connectivity index is 3.52. The summed E-state index contributed by atoms with van der Waals surface area (Å²) in [5.74, 6) is 2.11. The van der Waals surface area contributed by atoms with Crippen LogP contribution in [0, 0.1) is 11.5 Å². The van der Waals surface area contributed by atoms with Crippen molar-refractivity contribution in [3.05, 3.63) is 29.0 Å². The molecule has 0 spiro atoms. The Morgan fingerprint density at radius 2 is 1.54 bits per heavy atom. The predicted octanol–water partition coefficient (Wildman–Crippen LogP) is 5.40. The highest BCUT2D eigenvalue weighted by molar-refractivity contribution is 6.90. The summed E-state index contributed by atoms with van der Waals surface area (Å²) in [5.41, 5.74) is 5.82. The van der Waals surface area contributed by atoms with Crippen molar-refractivity contribution in [2.75, 3.05) is 14.2 Å². The minimum atomic E-state index is -1.90. The van der Waals surface area contributed by atoms with Crippen LogP contribution in [0.3, 0.4) is 0 Å². The van der Waals surface area contributed by atoms with Gasteiger partial charge in [0.25, 0.3) is 5.79 Å². The molecule has 5 heteroatoms. The standard InChI is InChI=1S/C19H30ClNO2Si/c1-14(2)24(15(3)4,16(5)6)12-10-19(22-7,23-8)18-13-17(20)9-11-21-18/h9,11,13-16H,1-8H3. The molecule has 1 heterocycles. The highest BCUT2D eigenvalue weighted by Gasteiger charge is 2.43. The van der Waals surface area contributed by atoms with Gasteiger partial charge in [-0.05, 0) is 34.7 Å². The van der Waals surface area contributed by atoms with Crippen molar-refractivity contribution in [2.24, 2.45) is 0 Å². The van der Waals surface area contributed by atoms with Crippen LogP contribution in [0.15, 0.2) is 18.3 Å². The van der Waals surface area contributed by atoms with E-state index in [1.807, 2.05) is 0 Å². The van der Waals surface area contributed by atoms with E-state index in [4.69, 9.17) is 21.1 Å². The molecule has 0 saturated carbocycles. The van der Waals surface area contributed by atoms with E-state index in [1.165, 1.54) is 0 Å². The zero-order chi connectivity index (χ0) is 18.5. The lowest BCUT2D eigenvalue weighted by Gasteiger charge is -2.38. The molecule has 1 rings (SSSR count). The number of rotatable bonds is 6. The van der Waals surface area contributed by atoms with Crippen molar-refractivity contribution in [3.63, 3.8) is 0 Å². The molecule has 0 aromatic carbocycles. The van der Waals surface area contributed by atoms with Gasteiger partial charge < -0.3 is 9.47 Å². The Labute approximate surface area is 153 Å². The number of methoxy groups -OCH3 is 2. The molecule has 0 aliphatic rings. The van der Waals surface area contributed by atoms with Gasteiger partial charge in [0.05, 0.1) is 0 Å². The van der Waals surface area contributed by atoms with Crippen molar-refractivity contribution in [3.8, 4) is 11.5 Å². The van der Waals surface area contributed by atoms with Crippen LogP contribution in [0.5, 0.6) is 0 Å². The Morgan fingerprint density at radius 1 is 1.04 bits per heavy atom. The fourth-order valence-corrected chi connectivity index (χ4v) is 9.07. The van der Waals surface area contributed by atoms with Gasteiger partial charge in [-0.3, -0.25) is 4.98 Å². The molecule has 0 fully saturated rings. The smallest absolute Gasteiger partial charge is 0.277 e. The van der Waals surface area contributed by atoms with E-state index in [9.17, 15) is 0 Å². The second-order valence-electron chi connectivity index (χ2n) is 7.03. The first-order valence-corrected chi connectivity index (χ1v) is 11.0. The minimum Gasteiger partial charge on any atom is -0.338 e. The van der Waals surface area contributed by atoms with Crippen molar-refractivity contribution >= 4 is 19.7 Å². The SMILES string of the molecule is COC(C#C[Si](C(C)C)(C(C)C)C(C)C)(OC)c1cc(Cl)ccn1. The summed E-state index contributed by atoms with van der Waals surface area (Å²) in [6, 6.07) is 3.47. The lowest BCUT2D eigenvalue weighted by atomic mass is 10.2. The van der Waals surface area contributed by atoms with Crippen LogP contribution in [-0.2, 0) is 15.3 Å². The van der Waals surface area contributed by atoms with E-state index in [1.54, 1.807) is 32.5 Å². The van der Waals surface area contributed by atoms with E-state index in [0.29, 0.717) is 27.3 Å². The summed E-state index contributed by atoms with van der Waals surface area (Å²) in [4.78, 5) is 4.37. The quantitative estimate of drug-likeness (QED) is 0.383. The summed E-state index contributed by atoms with van der Waals surface area (Å²) in [6.45, 7) is 13.7. The van der Waals surface area contributed by atoms with Gasteiger partial charge in [0.15, 0.2) is 0 Å². The molecule has 24 heavy (non-hydrogen) atoms. The molecule has 0 aliphatic heterocycles. The van der Waals surface area contributed by atoms with E-state index >= 15 is 0 Å². The molecular formula is C19H30ClNO2Si. The maximum absolute atomic E-state index is 6.12. The van der Waals surface area contributed by atoms with Crippen LogP contribution in [0.4, 0.5) is 0 Å². The highest BCUT2D eigenvalue weighted by atomic mass is 35.5. The summed E-state index contributed by atoms with van der Waals surface area (Å²) in [6.07, 6.45) is 1.64. The van der Waals surface area contributed by atoms with Crippen molar-refractivity contribution in [1.82, 2.24) is 4.98 Å². The molecule has 0 unspecified atom stereocenters. The second kappa shape index (κ2) is 8.49. The topological polar surface area (TPSA) is 31.4 Å². The van der Waals surface area contributed by atoms with Gasteiger partial charge in [0.2, 0.25) is 0 Å². The van der Waals surface area contributed by atoms with Gasteiger partial charge in [0, 0.05) is 25.4 Å². The molecule has 0 radical (unpaired) electrons. The van der Waals surface area contributed by atoms with Gasteiger partial charge in [0.1, 0.15) is 13.8 Å². The van der Waals surface area contributed by atoms with E-state index in [-0.39, 0.29) is 0 Å². The number of hydrogen-bond donors (Lipinski definition) is 0. The maximum Gasteiger partial charge on any atom is 0.277 e. The summed E-state index contributed by atoms with van der Waals surface area (Å²) in [7, 11) is 1.28. The van der Waals surface area contributed by atoms with Gasteiger partial charge in [-0.2, -0.15) is 0 Å². The maximum atomic E-state index is 6.12.